The number of aryl methyl sites for hydroxylation is 1. The largest absolute Gasteiger partial charge is 0.496 e. The second-order valence-electron chi connectivity index (χ2n) is 7.82. The van der Waals surface area contributed by atoms with E-state index >= 15 is 0 Å². The van der Waals surface area contributed by atoms with Gasteiger partial charge in [-0.25, -0.2) is 9.97 Å². The zero-order valence-electron chi connectivity index (χ0n) is 16.5. The maximum absolute atomic E-state index is 11.2. The molecule has 1 aliphatic carbocycles. The highest BCUT2D eigenvalue weighted by molar-refractivity contribution is 5.71. The van der Waals surface area contributed by atoms with E-state index in [-0.39, 0.29) is 6.42 Å². The number of hydrogen-bond acceptors (Lipinski definition) is 5. The lowest BCUT2D eigenvalue weighted by molar-refractivity contribution is -0.136. The van der Waals surface area contributed by atoms with Crippen molar-refractivity contribution in [3.05, 3.63) is 46.8 Å². The highest BCUT2D eigenvalue weighted by Crippen LogP contribution is 2.42. The maximum Gasteiger partial charge on any atom is 0.307 e. The molecule has 1 saturated heterocycles. The number of aromatic nitrogens is 2. The first-order chi connectivity index (χ1) is 13.6. The van der Waals surface area contributed by atoms with Gasteiger partial charge >= 0.3 is 5.97 Å². The van der Waals surface area contributed by atoms with Crippen LogP contribution in [-0.2, 0) is 11.2 Å². The number of anilines is 1. The van der Waals surface area contributed by atoms with Crippen LogP contribution in [0.4, 0.5) is 5.95 Å². The minimum Gasteiger partial charge on any atom is -0.496 e. The van der Waals surface area contributed by atoms with E-state index in [1.165, 1.54) is 5.56 Å². The third kappa shape index (κ3) is 3.81. The zero-order chi connectivity index (χ0) is 19.7. The fourth-order valence-corrected chi connectivity index (χ4v) is 4.20. The van der Waals surface area contributed by atoms with Gasteiger partial charge in [-0.15, -0.1) is 0 Å². The van der Waals surface area contributed by atoms with Crippen molar-refractivity contribution in [2.24, 2.45) is 0 Å². The molecule has 6 heteroatoms. The predicted molar refractivity (Wildman–Crippen MR) is 107 cm³/mol. The van der Waals surface area contributed by atoms with Crippen LogP contribution < -0.4 is 9.64 Å². The van der Waals surface area contributed by atoms with E-state index in [9.17, 15) is 9.90 Å². The Balaban J connectivity index is 1.52. The number of methoxy groups -OCH3 is 1. The summed E-state index contributed by atoms with van der Waals surface area (Å²) in [5.74, 6) is 1.77. The summed E-state index contributed by atoms with van der Waals surface area (Å²) in [4.78, 5) is 23.0. The molecule has 0 radical (unpaired) electrons. The quantitative estimate of drug-likeness (QED) is 0.823. The molecule has 148 valence electrons. The van der Waals surface area contributed by atoms with Gasteiger partial charge < -0.3 is 14.7 Å². The molecule has 28 heavy (non-hydrogen) atoms. The molecule has 4 rings (SSSR count). The number of nitrogens with zero attached hydrogens (tertiary/aromatic N) is 3. The highest BCUT2D eigenvalue weighted by Gasteiger charge is 2.31. The van der Waals surface area contributed by atoms with Crippen molar-refractivity contribution in [1.82, 2.24) is 9.97 Å². The number of benzene rings is 1. The van der Waals surface area contributed by atoms with E-state index in [4.69, 9.17) is 9.72 Å². The number of piperidine rings is 1. The van der Waals surface area contributed by atoms with Gasteiger partial charge in [0, 0.05) is 30.3 Å². The molecule has 6 nitrogen and oxygen atoms in total. The minimum atomic E-state index is -0.820. The zero-order valence-corrected chi connectivity index (χ0v) is 16.5. The first-order valence-corrected chi connectivity index (χ1v) is 10.0. The monoisotopic (exact) mass is 381 g/mol. The second-order valence-corrected chi connectivity index (χ2v) is 7.82. The summed E-state index contributed by atoms with van der Waals surface area (Å²) in [5.41, 5.74) is 3.85. The van der Waals surface area contributed by atoms with Gasteiger partial charge in [-0.1, -0.05) is 18.2 Å². The molecule has 1 aromatic carbocycles. The summed E-state index contributed by atoms with van der Waals surface area (Å²) in [7, 11) is 1.72. The summed E-state index contributed by atoms with van der Waals surface area (Å²) in [5, 5.41) is 9.24. The van der Waals surface area contributed by atoms with E-state index < -0.39 is 5.97 Å². The van der Waals surface area contributed by atoms with Crippen molar-refractivity contribution >= 4 is 11.9 Å². The summed E-state index contributed by atoms with van der Waals surface area (Å²) in [6.07, 6.45) is 4.25. The number of carboxylic acids is 1. The average Bonchev–Trinajstić information content (AvgIpc) is 3.54. The Morgan fingerprint density at radius 1 is 1.14 bits per heavy atom. The van der Waals surface area contributed by atoms with E-state index in [1.54, 1.807) is 7.11 Å². The molecule has 0 unspecified atom stereocenters. The molecular weight excluding hydrogens is 354 g/mol. The van der Waals surface area contributed by atoms with Gasteiger partial charge in [0.25, 0.3) is 0 Å². The maximum atomic E-state index is 11.2. The number of rotatable bonds is 6. The number of aliphatic carboxylic acids is 1. The van der Waals surface area contributed by atoms with Gasteiger partial charge in [0.05, 0.1) is 19.2 Å². The first kappa shape index (κ1) is 18.7. The van der Waals surface area contributed by atoms with Crippen LogP contribution >= 0.6 is 0 Å². The summed E-state index contributed by atoms with van der Waals surface area (Å²) in [6.45, 7) is 3.70. The molecular formula is C22H27N3O3. The van der Waals surface area contributed by atoms with Gasteiger partial charge in [-0.3, -0.25) is 4.79 Å². The number of para-hydroxylation sites is 1. The Labute approximate surface area is 165 Å². The molecule has 1 N–H and O–H groups in total. The molecule has 0 atom stereocenters. The number of hydrogen-bond donors (Lipinski definition) is 1. The average molecular weight is 381 g/mol. The van der Waals surface area contributed by atoms with Crippen LogP contribution in [-0.4, -0.2) is 41.2 Å². The molecule has 2 aromatic rings. The molecule has 2 fully saturated rings. The van der Waals surface area contributed by atoms with Crippen LogP contribution in [0, 0.1) is 6.92 Å². The normalized spacial score (nSPS) is 17.6. The first-order valence-electron chi connectivity index (χ1n) is 10.0. The van der Waals surface area contributed by atoms with Gasteiger partial charge in [0.15, 0.2) is 0 Å². The topological polar surface area (TPSA) is 75.5 Å². The van der Waals surface area contributed by atoms with Crippen LogP contribution in [0.2, 0.25) is 0 Å². The molecule has 2 aliphatic rings. The van der Waals surface area contributed by atoms with Crippen LogP contribution in [0.15, 0.2) is 24.3 Å². The molecule has 0 spiro atoms. The van der Waals surface area contributed by atoms with Gasteiger partial charge in [-0.2, -0.15) is 0 Å². The lowest BCUT2D eigenvalue weighted by Gasteiger charge is -2.33. The number of ether oxygens (including phenoxy) is 1. The van der Waals surface area contributed by atoms with Crippen molar-refractivity contribution in [3.8, 4) is 5.75 Å². The number of carbonyl (C=O) groups is 1. The third-order valence-electron chi connectivity index (χ3n) is 5.88. The van der Waals surface area contributed by atoms with Crippen LogP contribution in [0.3, 0.4) is 0 Å². The Morgan fingerprint density at radius 2 is 1.86 bits per heavy atom. The van der Waals surface area contributed by atoms with Crippen molar-refractivity contribution in [2.45, 2.75) is 50.9 Å². The molecule has 0 bridgehead atoms. The Kier molecular flexibility index (Phi) is 5.20. The minimum absolute atomic E-state index is 0.00776. The van der Waals surface area contributed by atoms with Crippen LogP contribution in [0.1, 0.15) is 60.0 Å². The van der Waals surface area contributed by atoms with Crippen molar-refractivity contribution in [1.29, 1.82) is 0 Å². The highest BCUT2D eigenvalue weighted by atomic mass is 16.5. The molecule has 0 amide bonds. The lowest BCUT2D eigenvalue weighted by atomic mass is 9.89. The van der Waals surface area contributed by atoms with Crippen molar-refractivity contribution in [3.63, 3.8) is 0 Å². The van der Waals surface area contributed by atoms with Crippen molar-refractivity contribution in [2.75, 3.05) is 25.1 Å². The molecule has 1 saturated carbocycles. The SMILES string of the molecule is COc1ccccc1C1CCN(c2nc(C)c(CC(=O)O)c(C3CC3)n2)CC1. The Hall–Kier alpha value is -2.63. The van der Waals surface area contributed by atoms with Gasteiger partial charge in [0.1, 0.15) is 5.75 Å². The molecule has 2 heterocycles. The standard InChI is InChI=1S/C22H27N3O3/c1-14-18(13-20(26)27)21(16-7-8-16)24-22(23-14)25-11-9-15(10-12-25)17-5-3-4-6-19(17)28-2/h3-6,15-16H,7-13H2,1-2H3,(H,26,27). The summed E-state index contributed by atoms with van der Waals surface area (Å²) < 4.78 is 5.53. The lowest BCUT2D eigenvalue weighted by Crippen LogP contribution is -2.34. The Bertz CT molecular complexity index is 871. The second kappa shape index (κ2) is 7.78. The summed E-state index contributed by atoms with van der Waals surface area (Å²) >= 11 is 0. The van der Waals surface area contributed by atoms with E-state index in [0.29, 0.717) is 11.8 Å². The van der Waals surface area contributed by atoms with Crippen LogP contribution in [0.5, 0.6) is 5.75 Å². The van der Waals surface area contributed by atoms with Gasteiger partial charge in [-0.05, 0) is 50.2 Å². The summed E-state index contributed by atoms with van der Waals surface area (Å²) in [6, 6.07) is 8.26. The predicted octanol–water partition coefficient (Wildman–Crippen LogP) is 3.68. The molecule has 1 aromatic heterocycles. The van der Waals surface area contributed by atoms with E-state index in [1.807, 2.05) is 19.1 Å². The van der Waals surface area contributed by atoms with Crippen molar-refractivity contribution < 1.29 is 14.6 Å². The fourth-order valence-electron chi connectivity index (χ4n) is 4.20. The molecule has 1 aliphatic heterocycles. The van der Waals surface area contributed by atoms with E-state index in [2.05, 4.69) is 22.0 Å². The van der Waals surface area contributed by atoms with Gasteiger partial charge in [0.2, 0.25) is 5.95 Å². The number of carboxylic acid groups (broad SMARTS) is 1. The smallest absolute Gasteiger partial charge is 0.307 e. The van der Waals surface area contributed by atoms with E-state index in [0.717, 1.165) is 67.4 Å². The third-order valence-corrected chi connectivity index (χ3v) is 5.88. The Morgan fingerprint density at radius 3 is 2.50 bits per heavy atom. The fraction of sp³-hybridized carbons (Fsp3) is 0.500. The van der Waals surface area contributed by atoms with Crippen LogP contribution in [0.25, 0.3) is 0 Å².